The molecule has 0 heterocycles. The van der Waals surface area contributed by atoms with Gasteiger partial charge in [-0.1, -0.05) is 23.2 Å². The van der Waals surface area contributed by atoms with Crippen LogP contribution in [0.3, 0.4) is 0 Å². The molecule has 0 radical (unpaired) electrons. The molecule has 0 fully saturated rings. The highest BCUT2D eigenvalue weighted by Crippen LogP contribution is 2.25. The maximum Gasteiger partial charge on any atom is 0.326 e. The first kappa shape index (κ1) is 20.2. The van der Waals surface area contributed by atoms with Gasteiger partial charge >= 0.3 is 5.97 Å². The maximum atomic E-state index is 12.1. The molecule has 128 valence electrons. The van der Waals surface area contributed by atoms with Gasteiger partial charge in [0, 0.05) is 11.2 Å². The molecule has 3 N–H and O–H groups in total. The minimum Gasteiger partial charge on any atom is -0.480 e. The molecule has 1 aromatic carbocycles. The average molecular weight is 388 g/mol. The molecule has 0 aliphatic heterocycles. The Morgan fingerprint density at radius 2 is 2.17 bits per heavy atom. The molecule has 0 spiro atoms. The van der Waals surface area contributed by atoms with Crippen LogP contribution >= 0.6 is 35.0 Å². The highest BCUT2D eigenvalue weighted by Gasteiger charge is 2.17. The molecular weight excluding hydrogens is 373 g/mol. The molecule has 1 rings (SSSR count). The van der Waals surface area contributed by atoms with E-state index >= 15 is 0 Å². The van der Waals surface area contributed by atoms with E-state index in [0.717, 1.165) is 6.20 Å². The maximum absolute atomic E-state index is 12.1. The number of hydrogen-bond donors (Lipinski definition) is 3. The fourth-order valence-electron chi connectivity index (χ4n) is 1.63. The minimum absolute atomic E-state index is 0.257. The third-order valence-corrected chi connectivity index (χ3v) is 4.09. The van der Waals surface area contributed by atoms with Crippen molar-refractivity contribution in [1.82, 2.24) is 5.32 Å². The van der Waals surface area contributed by atoms with Crippen LogP contribution in [-0.4, -0.2) is 35.0 Å². The summed E-state index contributed by atoms with van der Waals surface area (Å²) in [6.45, 7) is 0. The van der Waals surface area contributed by atoms with E-state index in [-0.39, 0.29) is 16.3 Å². The summed E-state index contributed by atoms with van der Waals surface area (Å²) in [5, 5.41) is 23.9. The van der Waals surface area contributed by atoms with E-state index < -0.39 is 17.9 Å². The molecule has 1 atom stereocenters. The number of benzene rings is 1. The van der Waals surface area contributed by atoms with E-state index in [4.69, 9.17) is 33.6 Å². The number of nitrogens with zero attached hydrogens (tertiary/aromatic N) is 1. The van der Waals surface area contributed by atoms with Gasteiger partial charge in [0.05, 0.1) is 10.7 Å². The van der Waals surface area contributed by atoms with Crippen molar-refractivity contribution < 1.29 is 14.7 Å². The van der Waals surface area contributed by atoms with Gasteiger partial charge in [0.2, 0.25) is 0 Å². The lowest BCUT2D eigenvalue weighted by Gasteiger charge is -2.12. The normalized spacial score (nSPS) is 12.2. The quantitative estimate of drug-likeness (QED) is 0.467. The predicted octanol–water partition coefficient (Wildman–Crippen LogP) is 3.14. The Kier molecular flexibility index (Phi) is 8.47. The Labute approximate surface area is 153 Å². The van der Waals surface area contributed by atoms with Crippen LogP contribution in [0.5, 0.6) is 0 Å². The van der Waals surface area contributed by atoms with Crippen molar-refractivity contribution in [2.45, 2.75) is 12.5 Å². The number of amides is 1. The number of thioether (sulfide) groups is 1. The Balaban J connectivity index is 2.83. The number of rotatable bonds is 8. The number of halogens is 2. The van der Waals surface area contributed by atoms with E-state index in [9.17, 15) is 9.59 Å². The van der Waals surface area contributed by atoms with Gasteiger partial charge in [0.15, 0.2) is 0 Å². The second kappa shape index (κ2) is 10.1. The van der Waals surface area contributed by atoms with Crippen molar-refractivity contribution in [3.63, 3.8) is 0 Å². The second-order valence-corrected chi connectivity index (χ2v) is 6.42. The summed E-state index contributed by atoms with van der Waals surface area (Å²) < 4.78 is 0. The first-order valence-corrected chi connectivity index (χ1v) is 8.88. The summed E-state index contributed by atoms with van der Waals surface area (Å²) >= 11 is 13.3. The van der Waals surface area contributed by atoms with Crippen molar-refractivity contribution in [3.05, 3.63) is 40.0 Å². The Morgan fingerprint density at radius 3 is 2.75 bits per heavy atom. The van der Waals surface area contributed by atoms with Crippen molar-refractivity contribution in [2.24, 2.45) is 0 Å². The standard InChI is InChI=1S/C15H15Cl2N3O3S/c1-24-5-4-12(15(22)23)19-8-9(7-18)14(21)20-13-6-10(16)2-3-11(13)17/h2-3,6,8,12,19H,4-5H2,1H3,(H,20,21)(H,22,23)/b9-8-. The lowest BCUT2D eigenvalue weighted by atomic mass is 10.2. The molecule has 0 saturated carbocycles. The second-order valence-electron chi connectivity index (χ2n) is 4.59. The van der Waals surface area contributed by atoms with Gasteiger partial charge in [-0.2, -0.15) is 17.0 Å². The molecule has 0 aliphatic rings. The van der Waals surface area contributed by atoms with Crippen molar-refractivity contribution >= 4 is 52.5 Å². The fourth-order valence-corrected chi connectivity index (χ4v) is 2.44. The SMILES string of the molecule is CSCCC(N/C=C(/C#N)C(=O)Nc1cc(Cl)ccc1Cl)C(=O)O. The molecule has 0 bridgehead atoms. The van der Waals surface area contributed by atoms with Gasteiger partial charge in [-0.25, -0.2) is 4.79 Å². The van der Waals surface area contributed by atoms with Crippen LogP contribution < -0.4 is 10.6 Å². The Bertz CT molecular complexity index is 689. The average Bonchev–Trinajstić information content (AvgIpc) is 2.53. The summed E-state index contributed by atoms with van der Waals surface area (Å²) in [7, 11) is 0. The third kappa shape index (κ3) is 6.32. The van der Waals surface area contributed by atoms with E-state index in [0.29, 0.717) is 17.2 Å². The van der Waals surface area contributed by atoms with E-state index in [1.807, 2.05) is 6.26 Å². The number of nitriles is 1. The fraction of sp³-hybridized carbons (Fsp3) is 0.267. The van der Waals surface area contributed by atoms with Crippen LogP contribution in [0.4, 0.5) is 5.69 Å². The molecule has 1 amide bonds. The molecule has 1 aromatic rings. The van der Waals surface area contributed by atoms with Gasteiger partial charge in [0.25, 0.3) is 5.91 Å². The highest BCUT2D eigenvalue weighted by atomic mass is 35.5. The zero-order valence-corrected chi connectivity index (χ0v) is 15.0. The van der Waals surface area contributed by atoms with Gasteiger partial charge in [-0.3, -0.25) is 4.79 Å². The van der Waals surface area contributed by atoms with E-state index in [2.05, 4.69) is 10.6 Å². The topological polar surface area (TPSA) is 102 Å². The summed E-state index contributed by atoms with van der Waals surface area (Å²) in [5.74, 6) is -1.15. The van der Waals surface area contributed by atoms with Crippen LogP contribution in [0.1, 0.15) is 6.42 Å². The number of anilines is 1. The largest absolute Gasteiger partial charge is 0.480 e. The molecule has 24 heavy (non-hydrogen) atoms. The number of carbonyl (C=O) groups is 2. The van der Waals surface area contributed by atoms with Gasteiger partial charge in [-0.05, 0) is 36.6 Å². The van der Waals surface area contributed by atoms with Crippen LogP contribution in [0.2, 0.25) is 10.0 Å². The first-order chi connectivity index (χ1) is 11.4. The third-order valence-electron chi connectivity index (χ3n) is 2.88. The molecule has 1 unspecified atom stereocenters. The summed E-state index contributed by atoms with van der Waals surface area (Å²) in [6, 6.07) is 5.35. The highest BCUT2D eigenvalue weighted by molar-refractivity contribution is 7.98. The number of carboxylic acids is 1. The van der Waals surface area contributed by atoms with Crippen LogP contribution in [0.15, 0.2) is 30.0 Å². The summed E-state index contributed by atoms with van der Waals surface area (Å²) in [4.78, 5) is 23.2. The van der Waals surface area contributed by atoms with Crippen LogP contribution in [0.25, 0.3) is 0 Å². The van der Waals surface area contributed by atoms with E-state index in [1.165, 1.54) is 23.9 Å². The van der Waals surface area contributed by atoms with Crippen LogP contribution in [0, 0.1) is 11.3 Å². The Hall–Kier alpha value is -1.88. The zero-order chi connectivity index (χ0) is 18.1. The monoisotopic (exact) mass is 387 g/mol. The number of carboxylic acid groups (broad SMARTS) is 1. The van der Waals surface area contributed by atoms with Gasteiger partial charge in [0.1, 0.15) is 17.7 Å². The molecule has 6 nitrogen and oxygen atoms in total. The number of aliphatic carboxylic acids is 1. The zero-order valence-electron chi connectivity index (χ0n) is 12.7. The minimum atomic E-state index is -1.06. The van der Waals surface area contributed by atoms with Gasteiger partial charge < -0.3 is 15.7 Å². The lowest BCUT2D eigenvalue weighted by molar-refractivity contribution is -0.139. The molecule has 9 heteroatoms. The van der Waals surface area contributed by atoms with Crippen molar-refractivity contribution in [1.29, 1.82) is 5.26 Å². The van der Waals surface area contributed by atoms with Crippen LogP contribution in [-0.2, 0) is 9.59 Å². The molecule has 0 aliphatic carbocycles. The number of nitrogens with one attached hydrogen (secondary N) is 2. The Morgan fingerprint density at radius 1 is 1.46 bits per heavy atom. The lowest BCUT2D eigenvalue weighted by Crippen LogP contribution is -2.34. The number of hydrogen-bond acceptors (Lipinski definition) is 5. The van der Waals surface area contributed by atoms with Gasteiger partial charge in [-0.15, -0.1) is 0 Å². The molecular formula is C15H15Cl2N3O3S. The first-order valence-electron chi connectivity index (χ1n) is 6.73. The smallest absolute Gasteiger partial charge is 0.326 e. The van der Waals surface area contributed by atoms with E-state index in [1.54, 1.807) is 12.1 Å². The van der Waals surface area contributed by atoms with Crippen molar-refractivity contribution in [3.8, 4) is 6.07 Å². The summed E-state index contributed by atoms with van der Waals surface area (Å²) in [5.41, 5.74) is -0.0195. The molecule has 0 saturated heterocycles. The number of carbonyl (C=O) groups excluding carboxylic acids is 1. The predicted molar refractivity (Wildman–Crippen MR) is 96.3 cm³/mol. The summed E-state index contributed by atoms with van der Waals surface area (Å²) in [6.07, 6.45) is 3.30. The van der Waals surface area contributed by atoms with Crippen molar-refractivity contribution in [2.75, 3.05) is 17.3 Å². The molecule has 0 aromatic heterocycles.